The molecular formula is C8H7F2NO2S. The smallest absolute Gasteiger partial charge is 0.313 e. The molecule has 1 rings (SSSR count). The Labute approximate surface area is 82.9 Å². The molecule has 1 aromatic rings. The van der Waals surface area contributed by atoms with E-state index in [9.17, 15) is 13.6 Å². The Morgan fingerprint density at radius 1 is 1.43 bits per heavy atom. The van der Waals surface area contributed by atoms with Crippen LogP contribution in [0.15, 0.2) is 17.0 Å². The Morgan fingerprint density at radius 2 is 1.93 bits per heavy atom. The van der Waals surface area contributed by atoms with Crippen molar-refractivity contribution in [3.8, 4) is 0 Å². The summed E-state index contributed by atoms with van der Waals surface area (Å²) in [4.78, 5) is 9.85. The molecule has 0 saturated heterocycles. The number of hydrogen-bond acceptors (Lipinski definition) is 3. The fraction of sp³-hybridized carbons (Fsp3) is 0.125. The lowest BCUT2D eigenvalue weighted by atomic mass is 10.3. The molecular weight excluding hydrogens is 212 g/mol. The number of aliphatic carboxylic acids is 1. The van der Waals surface area contributed by atoms with Crippen LogP contribution in [0.2, 0.25) is 0 Å². The zero-order valence-corrected chi connectivity index (χ0v) is 7.78. The number of benzene rings is 1. The molecule has 0 aromatic heterocycles. The molecule has 0 aliphatic heterocycles. The van der Waals surface area contributed by atoms with Gasteiger partial charge in [0.15, 0.2) is 0 Å². The summed E-state index contributed by atoms with van der Waals surface area (Å²) in [5, 5.41) is 8.32. The van der Waals surface area contributed by atoms with Crippen LogP contribution >= 0.6 is 11.8 Å². The summed E-state index contributed by atoms with van der Waals surface area (Å²) in [5.74, 6) is -3.20. The fourth-order valence-electron chi connectivity index (χ4n) is 0.851. The number of thioether (sulfide) groups is 1. The van der Waals surface area contributed by atoms with E-state index >= 15 is 0 Å². The molecule has 0 aliphatic carbocycles. The van der Waals surface area contributed by atoms with Crippen molar-refractivity contribution in [3.63, 3.8) is 0 Å². The summed E-state index contributed by atoms with van der Waals surface area (Å²) < 4.78 is 26.1. The number of anilines is 1. The highest BCUT2D eigenvalue weighted by molar-refractivity contribution is 8.00. The van der Waals surface area contributed by atoms with Crippen LogP contribution in [0.1, 0.15) is 0 Å². The van der Waals surface area contributed by atoms with Crippen molar-refractivity contribution in [3.05, 3.63) is 23.8 Å². The van der Waals surface area contributed by atoms with Crippen LogP contribution in [-0.2, 0) is 4.79 Å². The van der Waals surface area contributed by atoms with Gasteiger partial charge >= 0.3 is 5.97 Å². The molecule has 0 fully saturated rings. The molecule has 0 heterocycles. The summed E-state index contributed by atoms with van der Waals surface area (Å²) in [6.45, 7) is 0. The van der Waals surface area contributed by atoms with E-state index in [0.717, 1.165) is 12.1 Å². The number of carboxylic acid groups (broad SMARTS) is 1. The van der Waals surface area contributed by atoms with Crippen molar-refractivity contribution in [1.29, 1.82) is 0 Å². The molecule has 0 unspecified atom stereocenters. The normalized spacial score (nSPS) is 10.1. The van der Waals surface area contributed by atoms with Gasteiger partial charge in [-0.3, -0.25) is 4.79 Å². The van der Waals surface area contributed by atoms with E-state index in [1.807, 2.05) is 0 Å². The van der Waals surface area contributed by atoms with Crippen LogP contribution in [-0.4, -0.2) is 16.8 Å². The molecule has 14 heavy (non-hydrogen) atoms. The minimum Gasteiger partial charge on any atom is -0.481 e. The van der Waals surface area contributed by atoms with E-state index in [4.69, 9.17) is 10.8 Å². The van der Waals surface area contributed by atoms with Crippen molar-refractivity contribution in [2.75, 3.05) is 11.5 Å². The van der Waals surface area contributed by atoms with Gasteiger partial charge in [-0.05, 0) is 12.1 Å². The number of nitrogen functional groups attached to an aromatic ring is 1. The van der Waals surface area contributed by atoms with Gasteiger partial charge in [-0.25, -0.2) is 8.78 Å². The van der Waals surface area contributed by atoms with Crippen molar-refractivity contribution < 1.29 is 18.7 Å². The number of halogens is 2. The van der Waals surface area contributed by atoms with E-state index < -0.39 is 23.4 Å². The summed E-state index contributed by atoms with van der Waals surface area (Å²) in [6.07, 6.45) is 0. The first kappa shape index (κ1) is 10.8. The Kier molecular flexibility index (Phi) is 3.29. The van der Waals surface area contributed by atoms with E-state index in [-0.39, 0.29) is 10.6 Å². The lowest BCUT2D eigenvalue weighted by Crippen LogP contribution is -2.00. The monoisotopic (exact) mass is 219 g/mol. The van der Waals surface area contributed by atoms with Crippen LogP contribution in [0, 0.1) is 11.6 Å². The van der Waals surface area contributed by atoms with Gasteiger partial charge < -0.3 is 10.8 Å². The van der Waals surface area contributed by atoms with E-state index in [2.05, 4.69) is 0 Å². The van der Waals surface area contributed by atoms with Gasteiger partial charge in [0.2, 0.25) is 0 Å². The average molecular weight is 219 g/mol. The van der Waals surface area contributed by atoms with Crippen molar-refractivity contribution in [2.24, 2.45) is 0 Å². The number of nitrogens with two attached hydrogens (primary N) is 1. The number of carboxylic acids is 1. The highest BCUT2D eigenvalue weighted by atomic mass is 32.2. The first-order valence-electron chi connectivity index (χ1n) is 3.60. The average Bonchev–Trinajstić information content (AvgIpc) is 2.01. The maximum Gasteiger partial charge on any atom is 0.313 e. The summed E-state index contributed by atoms with van der Waals surface area (Å²) in [6, 6.07) is 1.90. The SMILES string of the molecule is Nc1cc(F)c(SCC(=O)O)c(F)c1. The molecule has 0 atom stereocenters. The number of carbonyl (C=O) groups is 1. The van der Waals surface area contributed by atoms with Crippen LogP contribution in [0.3, 0.4) is 0 Å². The second kappa shape index (κ2) is 4.28. The predicted octanol–water partition coefficient (Wildman–Crippen LogP) is 1.72. The molecule has 76 valence electrons. The predicted molar refractivity (Wildman–Crippen MR) is 49.1 cm³/mol. The van der Waals surface area contributed by atoms with E-state index in [1.165, 1.54) is 0 Å². The first-order valence-corrected chi connectivity index (χ1v) is 4.58. The molecule has 0 aliphatic rings. The van der Waals surface area contributed by atoms with Crippen molar-refractivity contribution >= 4 is 23.4 Å². The molecule has 0 spiro atoms. The standard InChI is InChI=1S/C8H7F2NO2S/c9-5-1-4(11)2-6(10)8(5)14-3-7(12)13/h1-2H,3,11H2,(H,12,13). The zero-order chi connectivity index (χ0) is 10.7. The van der Waals surface area contributed by atoms with E-state index in [1.54, 1.807) is 0 Å². The molecule has 0 saturated carbocycles. The van der Waals surface area contributed by atoms with Crippen LogP contribution in [0.5, 0.6) is 0 Å². The van der Waals surface area contributed by atoms with Crippen molar-refractivity contribution in [2.45, 2.75) is 4.90 Å². The largest absolute Gasteiger partial charge is 0.481 e. The van der Waals surface area contributed by atoms with Crippen LogP contribution in [0.4, 0.5) is 14.5 Å². The lowest BCUT2D eigenvalue weighted by Gasteiger charge is -2.03. The summed E-state index contributed by atoms with van der Waals surface area (Å²) in [7, 11) is 0. The summed E-state index contributed by atoms with van der Waals surface area (Å²) in [5.41, 5.74) is 5.15. The van der Waals surface area contributed by atoms with Gasteiger partial charge in [0, 0.05) is 5.69 Å². The zero-order valence-electron chi connectivity index (χ0n) is 6.96. The first-order chi connectivity index (χ1) is 6.50. The Morgan fingerprint density at radius 3 is 2.36 bits per heavy atom. The summed E-state index contributed by atoms with van der Waals surface area (Å²) >= 11 is 0.585. The van der Waals surface area contributed by atoms with Gasteiger partial charge in [-0.15, -0.1) is 11.8 Å². The quantitative estimate of drug-likeness (QED) is 0.600. The molecule has 6 heteroatoms. The highest BCUT2D eigenvalue weighted by Crippen LogP contribution is 2.26. The Bertz CT molecular complexity index is 347. The lowest BCUT2D eigenvalue weighted by molar-refractivity contribution is -0.133. The van der Waals surface area contributed by atoms with Gasteiger partial charge in [0.25, 0.3) is 0 Å². The second-order valence-electron chi connectivity index (χ2n) is 2.50. The Hall–Kier alpha value is -1.30. The topological polar surface area (TPSA) is 63.3 Å². The minimum absolute atomic E-state index is 0.0281. The third kappa shape index (κ3) is 2.59. The van der Waals surface area contributed by atoms with Gasteiger partial charge in [0.1, 0.15) is 11.6 Å². The number of hydrogen-bond donors (Lipinski definition) is 2. The molecule has 0 radical (unpaired) electrons. The Balaban J connectivity index is 2.91. The maximum atomic E-state index is 13.0. The molecule has 3 nitrogen and oxygen atoms in total. The van der Waals surface area contributed by atoms with Gasteiger partial charge in [-0.2, -0.15) is 0 Å². The third-order valence-electron chi connectivity index (χ3n) is 1.36. The van der Waals surface area contributed by atoms with Gasteiger partial charge in [-0.1, -0.05) is 0 Å². The molecule has 0 bridgehead atoms. The van der Waals surface area contributed by atoms with Crippen LogP contribution in [0.25, 0.3) is 0 Å². The van der Waals surface area contributed by atoms with Crippen molar-refractivity contribution in [1.82, 2.24) is 0 Å². The van der Waals surface area contributed by atoms with E-state index in [0.29, 0.717) is 11.8 Å². The van der Waals surface area contributed by atoms with Crippen LogP contribution < -0.4 is 5.73 Å². The second-order valence-corrected chi connectivity index (χ2v) is 3.48. The third-order valence-corrected chi connectivity index (χ3v) is 2.43. The number of rotatable bonds is 3. The molecule has 3 N–H and O–H groups in total. The molecule has 0 amide bonds. The minimum atomic E-state index is -1.13. The fourth-order valence-corrected chi connectivity index (χ4v) is 1.51. The highest BCUT2D eigenvalue weighted by Gasteiger charge is 2.12. The van der Waals surface area contributed by atoms with Gasteiger partial charge in [0.05, 0.1) is 10.6 Å². The molecule has 1 aromatic carbocycles. The maximum absolute atomic E-state index is 13.0.